The largest absolute Gasteiger partial charge is 1.00 e. The van der Waals surface area contributed by atoms with E-state index in [9.17, 15) is 4.79 Å². The number of carboxylic acids is 1. The summed E-state index contributed by atoms with van der Waals surface area (Å²) in [5.74, 6) is -0.799. The first-order valence-corrected chi connectivity index (χ1v) is 5.12. The van der Waals surface area contributed by atoms with Crippen molar-refractivity contribution >= 4 is 5.97 Å². The van der Waals surface area contributed by atoms with Crippen LogP contribution < -0.4 is 18.9 Å². The van der Waals surface area contributed by atoms with Gasteiger partial charge >= 0.3 is 24.8 Å². The Balaban J connectivity index is 0.00000144. The first-order chi connectivity index (χ1) is 7.75. The molecule has 0 spiro atoms. The Labute approximate surface area is 114 Å². The molecule has 0 aliphatic carbocycles. The molecule has 2 aromatic carbocycles. The van der Waals surface area contributed by atoms with Gasteiger partial charge in [-0.05, 0) is 16.7 Å². The number of hydrogen-bond acceptors (Lipinski definition) is 1. The minimum atomic E-state index is -0.799. The van der Waals surface area contributed by atoms with Crippen LogP contribution in [0, 0.1) is 0 Å². The van der Waals surface area contributed by atoms with Crippen LogP contribution in [0.4, 0.5) is 0 Å². The fraction of sp³-hybridized carbons (Fsp3) is 0.0714. The van der Waals surface area contributed by atoms with Gasteiger partial charge in [-0.15, -0.1) is 0 Å². The molecule has 0 saturated carbocycles. The number of carbonyl (C=O) groups is 1. The van der Waals surface area contributed by atoms with Crippen molar-refractivity contribution in [1.82, 2.24) is 0 Å². The number of hydrogen-bond donors (Lipinski definition) is 1. The van der Waals surface area contributed by atoms with Crippen LogP contribution in [0.3, 0.4) is 0 Å². The molecule has 0 bridgehead atoms. The van der Waals surface area contributed by atoms with Crippen molar-refractivity contribution in [1.29, 1.82) is 0 Å². The van der Waals surface area contributed by atoms with Gasteiger partial charge in [0.15, 0.2) is 0 Å². The summed E-state index contributed by atoms with van der Waals surface area (Å²) in [6.45, 7) is 0. The molecular formula is C14H13LiO2. The number of benzene rings is 2. The van der Waals surface area contributed by atoms with E-state index in [-0.39, 0.29) is 26.7 Å². The van der Waals surface area contributed by atoms with E-state index < -0.39 is 5.97 Å². The van der Waals surface area contributed by atoms with E-state index in [1.165, 1.54) is 0 Å². The van der Waals surface area contributed by atoms with Crippen molar-refractivity contribution in [2.45, 2.75) is 6.42 Å². The Morgan fingerprint density at radius 2 is 1.47 bits per heavy atom. The molecule has 82 valence electrons. The van der Waals surface area contributed by atoms with Gasteiger partial charge in [0.05, 0.1) is 6.42 Å². The summed E-state index contributed by atoms with van der Waals surface area (Å²) in [5.41, 5.74) is 3.08. The Bertz CT molecular complexity index is 483. The number of aliphatic carboxylic acids is 1. The molecule has 0 radical (unpaired) electrons. The maximum absolute atomic E-state index is 10.5. The zero-order valence-corrected chi connectivity index (χ0v) is 9.76. The molecule has 1 N–H and O–H groups in total. The molecule has 0 heterocycles. The van der Waals surface area contributed by atoms with Crippen molar-refractivity contribution < 1.29 is 30.2 Å². The maximum atomic E-state index is 10.5. The molecule has 0 aromatic heterocycles. The fourth-order valence-electron chi connectivity index (χ4n) is 1.62. The molecule has 0 amide bonds. The quantitative estimate of drug-likeness (QED) is 0.745. The SMILES string of the molecule is O=C(O)Cc1ccc(-c2ccccc2)cc1.[H-].[Li+]. The van der Waals surface area contributed by atoms with Crippen LogP contribution in [0.25, 0.3) is 11.1 Å². The molecule has 17 heavy (non-hydrogen) atoms. The van der Waals surface area contributed by atoms with E-state index in [4.69, 9.17) is 5.11 Å². The third-order valence-electron chi connectivity index (χ3n) is 2.42. The standard InChI is InChI=1S/C14H12O2.Li.H/c15-14(16)10-11-6-8-13(9-7-11)12-4-2-1-3-5-12;;/h1-9H,10H2,(H,15,16);;/q;+1;-1. The maximum Gasteiger partial charge on any atom is 1.00 e. The van der Waals surface area contributed by atoms with Gasteiger partial charge in [-0.1, -0.05) is 54.6 Å². The molecule has 2 rings (SSSR count). The normalized spacial score (nSPS) is 9.41. The van der Waals surface area contributed by atoms with Gasteiger partial charge in [0, 0.05) is 0 Å². The van der Waals surface area contributed by atoms with E-state index >= 15 is 0 Å². The topological polar surface area (TPSA) is 37.3 Å². The zero-order chi connectivity index (χ0) is 11.4. The third-order valence-corrected chi connectivity index (χ3v) is 2.42. The van der Waals surface area contributed by atoms with Crippen molar-refractivity contribution in [2.24, 2.45) is 0 Å². The van der Waals surface area contributed by atoms with Crippen LogP contribution in [-0.2, 0) is 11.2 Å². The minimum absolute atomic E-state index is 0. The average molecular weight is 220 g/mol. The van der Waals surface area contributed by atoms with E-state index in [2.05, 4.69) is 0 Å². The van der Waals surface area contributed by atoms with Crippen molar-refractivity contribution in [3.8, 4) is 11.1 Å². The van der Waals surface area contributed by atoms with Gasteiger partial charge in [0.1, 0.15) is 0 Å². The van der Waals surface area contributed by atoms with E-state index in [0.717, 1.165) is 16.7 Å². The van der Waals surface area contributed by atoms with Crippen molar-refractivity contribution in [2.75, 3.05) is 0 Å². The first-order valence-electron chi connectivity index (χ1n) is 5.12. The second kappa shape index (κ2) is 6.29. The van der Waals surface area contributed by atoms with E-state index in [1.807, 2.05) is 54.6 Å². The molecule has 0 aliphatic rings. The second-order valence-electron chi connectivity index (χ2n) is 3.63. The Morgan fingerprint density at radius 1 is 0.941 bits per heavy atom. The van der Waals surface area contributed by atoms with Crippen LogP contribution in [-0.4, -0.2) is 11.1 Å². The molecule has 0 fully saturated rings. The van der Waals surface area contributed by atoms with Gasteiger partial charge < -0.3 is 6.53 Å². The van der Waals surface area contributed by atoms with Crippen LogP contribution in [0.5, 0.6) is 0 Å². The molecular weight excluding hydrogens is 207 g/mol. The van der Waals surface area contributed by atoms with Gasteiger partial charge in [-0.2, -0.15) is 0 Å². The average Bonchev–Trinajstić information content (AvgIpc) is 2.30. The summed E-state index contributed by atoms with van der Waals surface area (Å²) in [6, 6.07) is 17.6. The molecule has 2 nitrogen and oxygen atoms in total. The third kappa shape index (κ3) is 3.78. The summed E-state index contributed by atoms with van der Waals surface area (Å²) in [6.07, 6.45) is 0.0784. The smallest absolute Gasteiger partial charge is 1.00 e. The summed E-state index contributed by atoms with van der Waals surface area (Å²) in [7, 11) is 0. The Kier molecular flexibility index (Phi) is 5.02. The van der Waals surface area contributed by atoms with Gasteiger partial charge in [0.2, 0.25) is 0 Å². The molecule has 0 unspecified atom stereocenters. The summed E-state index contributed by atoms with van der Waals surface area (Å²) >= 11 is 0. The van der Waals surface area contributed by atoms with Crippen LogP contribution >= 0.6 is 0 Å². The fourth-order valence-corrected chi connectivity index (χ4v) is 1.62. The van der Waals surface area contributed by atoms with Crippen LogP contribution in [0.2, 0.25) is 0 Å². The van der Waals surface area contributed by atoms with Crippen molar-refractivity contribution in [3.05, 3.63) is 60.2 Å². The number of rotatable bonds is 3. The molecule has 2 aromatic rings. The van der Waals surface area contributed by atoms with Crippen LogP contribution in [0.1, 0.15) is 6.99 Å². The Hall–Kier alpha value is -1.49. The molecule has 3 heteroatoms. The monoisotopic (exact) mass is 220 g/mol. The number of carboxylic acid groups (broad SMARTS) is 1. The van der Waals surface area contributed by atoms with Gasteiger partial charge in [-0.25, -0.2) is 0 Å². The van der Waals surface area contributed by atoms with E-state index in [1.54, 1.807) is 0 Å². The first kappa shape index (κ1) is 13.6. The minimum Gasteiger partial charge on any atom is -1.00 e. The zero-order valence-electron chi connectivity index (χ0n) is 10.8. The second-order valence-corrected chi connectivity index (χ2v) is 3.63. The summed E-state index contributed by atoms with van der Waals surface area (Å²) in [4.78, 5) is 10.5. The van der Waals surface area contributed by atoms with Gasteiger partial charge in [0.25, 0.3) is 0 Å². The van der Waals surface area contributed by atoms with E-state index in [0.29, 0.717) is 0 Å². The molecule has 0 atom stereocenters. The molecule has 0 aliphatic heterocycles. The Morgan fingerprint density at radius 3 is 2.00 bits per heavy atom. The summed E-state index contributed by atoms with van der Waals surface area (Å²) in [5, 5.41) is 8.65. The molecule has 0 saturated heterocycles. The predicted octanol–water partition coefficient (Wildman–Crippen LogP) is 0.0972. The van der Waals surface area contributed by atoms with Crippen molar-refractivity contribution in [3.63, 3.8) is 0 Å². The van der Waals surface area contributed by atoms with Gasteiger partial charge in [-0.3, -0.25) is 4.79 Å². The van der Waals surface area contributed by atoms with Crippen LogP contribution in [0.15, 0.2) is 54.6 Å². The predicted molar refractivity (Wildman–Crippen MR) is 64.3 cm³/mol. The summed E-state index contributed by atoms with van der Waals surface area (Å²) < 4.78 is 0.